The zero-order valence-electron chi connectivity index (χ0n) is 12.5. The number of hydrogen-bond donors (Lipinski definition) is 0. The molecular formula is C18H20N2O2. The maximum atomic E-state index is 6.24. The van der Waals surface area contributed by atoms with E-state index in [4.69, 9.17) is 9.15 Å². The standard InChI is InChI=1S/C18H20N2O2/c1-2-5-16-14(4-1)20(18(22-16)17-6-3-11-21-17)15-12-19-9-7-13(15)8-10-19/h1-6,11,13,15,18H,7-10,12H2/t15?,18-/m0/s1. The molecule has 2 aromatic rings. The summed E-state index contributed by atoms with van der Waals surface area (Å²) in [6.07, 6.45) is 4.21. The fraction of sp³-hybridized carbons (Fsp3) is 0.444. The summed E-state index contributed by atoms with van der Waals surface area (Å²) in [4.78, 5) is 5.05. The van der Waals surface area contributed by atoms with E-state index >= 15 is 0 Å². The second-order valence-corrected chi connectivity index (χ2v) is 6.57. The normalized spacial score (nSPS) is 32.8. The summed E-state index contributed by atoms with van der Waals surface area (Å²) < 4.78 is 11.9. The highest BCUT2D eigenvalue weighted by Gasteiger charge is 2.45. The average Bonchev–Trinajstić information content (AvgIpc) is 3.23. The molecule has 22 heavy (non-hydrogen) atoms. The lowest BCUT2D eigenvalue weighted by molar-refractivity contribution is 0.0664. The van der Waals surface area contributed by atoms with Crippen LogP contribution < -0.4 is 9.64 Å². The first-order valence-corrected chi connectivity index (χ1v) is 8.20. The van der Waals surface area contributed by atoms with Gasteiger partial charge in [0.25, 0.3) is 0 Å². The molecule has 1 aromatic heterocycles. The van der Waals surface area contributed by atoms with Crippen LogP contribution in [0.3, 0.4) is 0 Å². The molecule has 4 nitrogen and oxygen atoms in total. The van der Waals surface area contributed by atoms with Crippen LogP contribution >= 0.6 is 0 Å². The van der Waals surface area contributed by atoms with E-state index in [1.165, 1.54) is 31.6 Å². The molecule has 1 aromatic carbocycles. The molecule has 4 aliphatic heterocycles. The Morgan fingerprint density at radius 3 is 2.59 bits per heavy atom. The third-order valence-electron chi connectivity index (χ3n) is 5.40. The third kappa shape index (κ3) is 1.80. The Bertz CT molecular complexity index is 661. The van der Waals surface area contributed by atoms with E-state index < -0.39 is 0 Å². The molecule has 0 saturated carbocycles. The van der Waals surface area contributed by atoms with Gasteiger partial charge in [0.2, 0.25) is 6.23 Å². The topological polar surface area (TPSA) is 28.9 Å². The molecule has 1 unspecified atom stereocenters. The van der Waals surface area contributed by atoms with Crippen molar-refractivity contribution in [3.8, 4) is 5.75 Å². The minimum absolute atomic E-state index is 0.127. The van der Waals surface area contributed by atoms with Crippen molar-refractivity contribution in [1.82, 2.24) is 4.90 Å². The summed E-state index contributed by atoms with van der Waals surface area (Å²) in [5, 5.41) is 0. The number of furan rings is 1. The highest BCUT2D eigenvalue weighted by Crippen LogP contribution is 2.47. The van der Waals surface area contributed by atoms with E-state index in [9.17, 15) is 0 Å². The van der Waals surface area contributed by atoms with Gasteiger partial charge in [0.1, 0.15) is 5.75 Å². The molecule has 0 amide bonds. The van der Waals surface area contributed by atoms with E-state index in [0.717, 1.165) is 24.0 Å². The lowest BCUT2D eigenvalue weighted by atomic mass is 9.83. The number of para-hydroxylation sites is 2. The van der Waals surface area contributed by atoms with Crippen LogP contribution in [0.2, 0.25) is 0 Å². The van der Waals surface area contributed by atoms with Crippen molar-refractivity contribution in [3.63, 3.8) is 0 Å². The molecule has 4 heteroatoms. The minimum atomic E-state index is -0.127. The van der Waals surface area contributed by atoms with Gasteiger partial charge in [-0.15, -0.1) is 0 Å². The number of ether oxygens (including phenoxy) is 1. The number of fused-ring (bicyclic) bond motifs is 4. The van der Waals surface area contributed by atoms with Crippen molar-refractivity contribution >= 4 is 5.69 Å². The zero-order valence-corrected chi connectivity index (χ0v) is 12.5. The number of piperidine rings is 3. The van der Waals surface area contributed by atoms with Crippen molar-refractivity contribution in [2.45, 2.75) is 25.1 Å². The van der Waals surface area contributed by atoms with Gasteiger partial charge < -0.3 is 19.0 Å². The maximum absolute atomic E-state index is 6.24. The molecule has 114 valence electrons. The Balaban J connectivity index is 1.57. The van der Waals surface area contributed by atoms with Gasteiger partial charge >= 0.3 is 0 Å². The molecule has 3 fully saturated rings. The van der Waals surface area contributed by atoms with Gasteiger partial charge in [-0.25, -0.2) is 0 Å². The minimum Gasteiger partial charge on any atom is -0.463 e. The summed E-state index contributed by atoms with van der Waals surface area (Å²) in [6, 6.07) is 12.9. The fourth-order valence-corrected chi connectivity index (χ4v) is 4.30. The van der Waals surface area contributed by atoms with Gasteiger partial charge in [-0.2, -0.15) is 0 Å². The number of benzene rings is 1. The summed E-state index contributed by atoms with van der Waals surface area (Å²) in [5.74, 6) is 2.63. The van der Waals surface area contributed by atoms with Crippen LogP contribution in [-0.2, 0) is 0 Å². The van der Waals surface area contributed by atoms with Crippen LogP contribution in [0, 0.1) is 5.92 Å². The van der Waals surface area contributed by atoms with E-state index in [1.807, 2.05) is 18.2 Å². The molecular weight excluding hydrogens is 276 g/mol. The predicted octanol–water partition coefficient (Wildman–Crippen LogP) is 3.27. The number of hydrogen-bond acceptors (Lipinski definition) is 4. The Morgan fingerprint density at radius 1 is 1.00 bits per heavy atom. The van der Waals surface area contributed by atoms with Crippen molar-refractivity contribution in [1.29, 1.82) is 0 Å². The molecule has 2 bridgehead atoms. The van der Waals surface area contributed by atoms with E-state index in [2.05, 4.69) is 28.0 Å². The van der Waals surface area contributed by atoms with Crippen molar-refractivity contribution in [3.05, 3.63) is 48.4 Å². The molecule has 0 spiro atoms. The van der Waals surface area contributed by atoms with Gasteiger partial charge in [-0.3, -0.25) is 0 Å². The first-order chi connectivity index (χ1) is 10.9. The average molecular weight is 296 g/mol. The summed E-state index contributed by atoms with van der Waals surface area (Å²) in [6.45, 7) is 3.64. The Hall–Kier alpha value is -1.94. The quantitative estimate of drug-likeness (QED) is 0.850. The van der Waals surface area contributed by atoms with Crippen LogP contribution in [0.1, 0.15) is 24.8 Å². The fourth-order valence-electron chi connectivity index (χ4n) is 4.30. The molecule has 5 heterocycles. The summed E-state index contributed by atoms with van der Waals surface area (Å²) >= 11 is 0. The van der Waals surface area contributed by atoms with Crippen LogP contribution in [0.15, 0.2) is 47.1 Å². The predicted molar refractivity (Wildman–Crippen MR) is 84.0 cm³/mol. The Morgan fingerprint density at radius 2 is 1.86 bits per heavy atom. The SMILES string of the molecule is c1coc([C@@H]2Oc3ccccc3N2C2CN3CCC2CC3)c1. The van der Waals surface area contributed by atoms with Crippen LogP contribution in [0.5, 0.6) is 5.75 Å². The Labute approximate surface area is 130 Å². The number of rotatable bonds is 2. The van der Waals surface area contributed by atoms with Crippen LogP contribution in [-0.4, -0.2) is 30.6 Å². The lowest BCUT2D eigenvalue weighted by Crippen LogP contribution is -2.57. The van der Waals surface area contributed by atoms with Crippen molar-refractivity contribution in [2.24, 2.45) is 5.92 Å². The molecule has 0 N–H and O–H groups in total. The first-order valence-electron chi connectivity index (χ1n) is 8.20. The molecule has 0 radical (unpaired) electrons. The lowest BCUT2D eigenvalue weighted by Gasteiger charge is -2.49. The van der Waals surface area contributed by atoms with Crippen LogP contribution in [0.4, 0.5) is 5.69 Å². The highest BCUT2D eigenvalue weighted by atomic mass is 16.5. The van der Waals surface area contributed by atoms with Gasteiger partial charge in [0.15, 0.2) is 5.76 Å². The van der Waals surface area contributed by atoms with E-state index in [-0.39, 0.29) is 6.23 Å². The monoisotopic (exact) mass is 296 g/mol. The first kappa shape index (κ1) is 12.6. The van der Waals surface area contributed by atoms with Crippen LogP contribution in [0.25, 0.3) is 0 Å². The molecule has 3 saturated heterocycles. The molecule has 2 atom stereocenters. The highest BCUT2D eigenvalue weighted by molar-refractivity contribution is 5.63. The third-order valence-corrected chi connectivity index (χ3v) is 5.40. The Kier molecular flexibility index (Phi) is 2.74. The molecule has 6 rings (SSSR count). The number of nitrogens with zero attached hydrogens (tertiary/aromatic N) is 2. The smallest absolute Gasteiger partial charge is 0.231 e. The second kappa shape index (κ2) is 4.78. The van der Waals surface area contributed by atoms with E-state index in [0.29, 0.717) is 6.04 Å². The largest absolute Gasteiger partial charge is 0.463 e. The molecule has 0 aliphatic carbocycles. The molecule has 4 aliphatic rings. The van der Waals surface area contributed by atoms with Gasteiger partial charge in [-0.05, 0) is 56.1 Å². The van der Waals surface area contributed by atoms with Crippen molar-refractivity contribution in [2.75, 3.05) is 24.5 Å². The second-order valence-electron chi connectivity index (χ2n) is 6.57. The van der Waals surface area contributed by atoms with Gasteiger partial charge in [0.05, 0.1) is 12.0 Å². The maximum Gasteiger partial charge on any atom is 0.231 e. The van der Waals surface area contributed by atoms with Crippen molar-refractivity contribution < 1.29 is 9.15 Å². The summed E-state index contributed by atoms with van der Waals surface area (Å²) in [5.41, 5.74) is 1.21. The summed E-state index contributed by atoms with van der Waals surface area (Å²) in [7, 11) is 0. The van der Waals surface area contributed by atoms with Gasteiger partial charge in [-0.1, -0.05) is 12.1 Å². The van der Waals surface area contributed by atoms with Gasteiger partial charge in [0, 0.05) is 12.6 Å². The number of anilines is 1. The van der Waals surface area contributed by atoms with E-state index in [1.54, 1.807) is 6.26 Å². The zero-order chi connectivity index (χ0) is 14.5.